The molecule has 1 radical (unpaired) electrons. The minimum atomic E-state index is -0.370. The predicted octanol–water partition coefficient (Wildman–Crippen LogP) is 1.01. The summed E-state index contributed by atoms with van der Waals surface area (Å²) in [7, 11) is 0. The van der Waals surface area contributed by atoms with Crippen LogP contribution in [0.25, 0.3) is 0 Å². The average Bonchev–Trinajstić information content (AvgIpc) is 2.02. The largest absolute Gasteiger partial charge is 0.391 e. The van der Waals surface area contributed by atoms with Gasteiger partial charge in [0.2, 0.25) is 0 Å². The molecule has 3 heteroatoms. The number of hydrogen-bond acceptors (Lipinski definition) is 3. The van der Waals surface area contributed by atoms with Gasteiger partial charge in [-0.1, -0.05) is 6.92 Å². The van der Waals surface area contributed by atoms with Gasteiger partial charge in [-0.25, -0.2) is 0 Å². The van der Waals surface area contributed by atoms with Crippen LogP contribution in [0.15, 0.2) is 0 Å². The van der Waals surface area contributed by atoms with Crippen LogP contribution >= 0.6 is 0 Å². The van der Waals surface area contributed by atoms with E-state index in [1.165, 1.54) is 0 Å². The molecule has 12 heavy (non-hydrogen) atoms. The Kier molecular flexibility index (Phi) is 8.88. The third-order valence-electron chi connectivity index (χ3n) is 1.23. The molecule has 73 valence electrons. The maximum Gasteiger partial charge on any atom is 0.0745 e. The van der Waals surface area contributed by atoms with Crippen molar-refractivity contribution in [3.8, 4) is 0 Å². The molecule has 0 heterocycles. The fraction of sp³-hybridized carbons (Fsp3) is 0.889. The van der Waals surface area contributed by atoms with Gasteiger partial charge in [-0.05, 0) is 19.8 Å². The van der Waals surface area contributed by atoms with Crippen molar-refractivity contribution in [2.24, 2.45) is 0 Å². The number of ether oxygens (including phenoxy) is 2. The summed E-state index contributed by atoms with van der Waals surface area (Å²) < 4.78 is 10.3. The lowest BCUT2D eigenvalue weighted by molar-refractivity contribution is 0.0327. The van der Waals surface area contributed by atoms with E-state index in [4.69, 9.17) is 14.6 Å². The Morgan fingerprint density at radius 3 is 2.50 bits per heavy atom. The van der Waals surface area contributed by atoms with Crippen molar-refractivity contribution in [2.75, 3.05) is 26.4 Å². The molecule has 0 rings (SSSR count). The number of aliphatic hydroxyl groups excluding tert-OH is 1. The maximum atomic E-state index is 8.83. The second-order valence-corrected chi connectivity index (χ2v) is 2.74. The van der Waals surface area contributed by atoms with Gasteiger partial charge in [-0.3, -0.25) is 0 Å². The summed E-state index contributed by atoms with van der Waals surface area (Å²) in [5.74, 6) is 0. The molecule has 0 aliphatic heterocycles. The van der Waals surface area contributed by atoms with Gasteiger partial charge < -0.3 is 14.6 Å². The van der Waals surface area contributed by atoms with E-state index in [9.17, 15) is 0 Å². The third-order valence-corrected chi connectivity index (χ3v) is 1.23. The zero-order valence-electron chi connectivity index (χ0n) is 7.79. The molecule has 0 aliphatic rings. The lowest BCUT2D eigenvalue weighted by Crippen LogP contribution is -2.11. The first kappa shape index (κ1) is 11.9. The second-order valence-electron chi connectivity index (χ2n) is 2.74. The highest BCUT2D eigenvalue weighted by molar-refractivity contribution is 4.42. The Bertz CT molecular complexity index is 83.8. The topological polar surface area (TPSA) is 38.7 Å². The minimum Gasteiger partial charge on any atom is -0.391 e. The van der Waals surface area contributed by atoms with Crippen LogP contribution in [0.5, 0.6) is 0 Å². The zero-order valence-corrected chi connectivity index (χ0v) is 7.79. The van der Waals surface area contributed by atoms with Gasteiger partial charge in [-0.2, -0.15) is 0 Å². The molecule has 0 amide bonds. The lowest BCUT2D eigenvalue weighted by atomic mass is 10.4. The van der Waals surface area contributed by atoms with Crippen molar-refractivity contribution in [1.82, 2.24) is 0 Å². The van der Waals surface area contributed by atoms with Crippen molar-refractivity contribution in [1.29, 1.82) is 0 Å². The zero-order chi connectivity index (χ0) is 9.23. The third kappa shape index (κ3) is 9.88. The Hall–Kier alpha value is -0.120. The fourth-order valence-corrected chi connectivity index (χ4v) is 0.721. The molecule has 1 unspecified atom stereocenters. The molecule has 0 aliphatic carbocycles. The van der Waals surface area contributed by atoms with E-state index in [0.29, 0.717) is 13.2 Å². The SMILES string of the molecule is [CH2]CCOCCCOCC(C)O. The fourth-order valence-electron chi connectivity index (χ4n) is 0.721. The standard InChI is InChI=1S/C9H19O3/c1-3-5-11-6-4-7-12-8-9(2)10/h9-10H,1,3-8H2,2H3. The van der Waals surface area contributed by atoms with Crippen LogP contribution in [-0.2, 0) is 9.47 Å². The van der Waals surface area contributed by atoms with Crippen molar-refractivity contribution >= 4 is 0 Å². The van der Waals surface area contributed by atoms with Crippen molar-refractivity contribution in [3.05, 3.63) is 6.92 Å². The van der Waals surface area contributed by atoms with Crippen molar-refractivity contribution in [3.63, 3.8) is 0 Å². The van der Waals surface area contributed by atoms with Gasteiger partial charge in [-0.15, -0.1) is 0 Å². The molecule has 0 aromatic rings. The molecular weight excluding hydrogens is 156 g/mol. The van der Waals surface area contributed by atoms with Crippen LogP contribution in [0, 0.1) is 6.92 Å². The molecule has 0 aromatic carbocycles. The Morgan fingerprint density at radius 1 is 1.25 bits per heavy atom. The van der Waals surface area contributed by atoms with E-state index in [1.54, 1.807) is 6.92 Å². The Labute approximate surface area is 74.7 Å². The van der Waals surface area contributed by atoms with Gasteiger partial charge >= 0.3 is 0 Å². The molecule has 0 saturated heterocycles. The van der Waals surface area contributed by atoms with Gasteiger partial charge in [0.05, 0.1) is 12.7 Å². The van der Waals surface area contributed by atoms with E-state index in [2.05, 4.69) is 6.92 Å². The molecule has 0 spiro atoms. The normalized spacial score (nSPS) is 13.2. The van der Waals surface area contributed by atoms with E-state index >= 15 is 0 Å². The summed E-state index contributed by atoms with van der Waals surface area (Å²) in [6.07, 6.45) is 1.33. The molecule has 0 fully saturated rings. The van der Waals surface area contributed by atoms with Crippen LogP contribution in [-0.4, -0.2) is 37.6 Å². The highest BCUT2D eigenvalue weighted by atomic mass is 16.5. The van der Waals surface area contributed by atoms with Gasteiger partial charge in [0.15, 0.2) is 0 Å². The smallest absolute Gasteiger partial charge is 0.0745 e. The lowest BCUT2D eigenvalue weighted by Gasteiger charge is -2.06. The van der Waals surface area contributed by atoms with E-state index < -0.39 is 0 Å². The van der Waals surface area contributed by atoms with Crippen LogP contribution < -0.4 is 0 Å². The predicted molar refractivity (Wildman–Crippen MR) is 47.9 cm³/mol. The summed E-state index contributed by atoms with van der Waals surface area (Å²) in [5, 5.41) is 8.83. The summed E-state index contributed by atoms with van der Waals surface area (Å²) in [5.41, 5.74) is 0. The van der Waals surface area contributed by atoms with Gasteiger partial charge in [0.1, 0.15) is 0 Å². The molecule has 0 aromatic heterocycles. The van der Waals surface area contributed by atoms with E-state index in [1.807, 2.05) is 0 Å². The maximum absolute atomic E-state index is 8.83. The van der Waals surface area contributed by atoms with Gasteiger partial charge in [0.25, 0.3) is 0 Å². The molecule has 1 atom stereocenters. The highest BCUT2D eigenvalue weighted by Gasteiger charge is 1.94. The first-order valence-corrected chi connectivity index (χ1v) is 4.40. The minimum absolute atomic E-state index is 0.370. The monoisotopic (exact) mass is 175 g/mol. The number of aliphatic hydroxyl groups is 1. The van der Waals surface area contributed by atoms with Crippen LogP contribution in [0.4, 0.5) is 0 Å². The van der Waals surface area contributed by atoms with E-state index in [-0.39, 0.29) is 6.10 Å². The molecule has 0 saturated carbocycles. The first-order valence-electron chi connectivity index (χ1n) is 4.40. The average molecular weight is 175 g/mol. The van der Waals surface area contributed by atoms with E-state index in [0.717, 1.165) is 26.1 Å². The molecule has 1 N–H and O–H groups in total. The second kappa shape index (κ2) is 8.97. The quantitative estimate of drug-likeness (QED) is 0.560. The number of hydrogen-bond donors (Lipinski definition) is 1. The number of rotatable bonds is 8. The van der Waals surface area contributed by atoms with Crippen molar-refractivity contribution in [2.45, 2.75) is 25.9 Å². The first-order chi connectivity index (χ1) is 5.77. The van der Waals surface area contributed by atoms with Crippen molar-refractivity contribution < 1.29 is 14.6 Å². The van der Waals surface area contributed by atoms with Crippen LogP contribution in [0.1, 0.15) is 19.8 Å². The van der Waals surface area contributed by atoms with Gasteiger partial charge in [0, 0.05) is 19.8 Å². The Morgan fingerprint density at radius 2 is 1.92 bits per heavy atom. The molecule has 3 nitrogen and oxygen atoms in total. The summed E-state index contributed by atoms with van der Waals surface area (Å²) in [6.45, 7) is 7.86. The summed E-state index contributed by atoms with van der Waals surface area (Å²) in [6, 6.07) is 0. The summed E-state index contributed by atoms with van der Waals surface area (Å²) >= 11 is 0. The molecule has 0 bridgehead atoms. The van der Waals surface area contributed by atoms with Crippen LogP contribution in [0.2, 0.25) is 0 Å². The molecular formula is C9H19O3. The highest BCUT2D eigenvalue weighted by Crippen LogP contribution is 1.88. The van der Waals surface area contributed by atoms with Crippen LogP contribution in [0.3, 0.4) is 0 Å². The Balaban J connectivity index is 2.82. The summed E-state index contributed by atoms with van der Waals surface area (Å²) in [4.78, 5) is 0.